The zero-order valence-electron chi connectivity index (χ0n) is 13.0. The molecule has 1 saturated carbocycles. The first kappa shape index (κ1) is 14.6. The predicted molar refractivity (Wildman–Crippen MR) is 85.2 cm³/mol. The van der Waals surface area contributed by atoms with Crippen molar-refractivity contribution in [1.82, 2.24) is 5.32 Å². The van der Waals surface area contributed by atoms with Gasteiger partial charge in [0.05, 0.1) is 6.10 Å². The minimum absolute atomic E-state index is 0.440. The largest absolute Gasteiger partial charge is 0.458 e. The van der Waals surface area contributed by atoms with Crippen molar-refractivity contribution in [2.75, 3.05) is 6.54 Å². The van der Waals surface area contributed by atoms with Crippen LogP contribution in [-0.4, -0.2) is 12.6 Å². The van der Waals surface area contributed by atoms with E-state index in [1.54, 1.807) is 0 Å². The van der Waals surface area contributed by atoms with E-state index < -0.39 is 0 Å². The quantitative estimate of drug-likeness (QED) is 0.826. The molecule has 21 heavy (non-hydrogen) atoms. The Morgan fingerprint density at radius 1 is 1.29 bits per heavy atom. The van der Waals surface area contributed by atoms with Crippen LogP contribution < -0.4 is 5.32 Å². The molecule has 0 aliphatic heterocycles. The lowest BCUT2D eigenvalue weighted by molar-refractivity contribution is -0.0156. The highest BCUT2D eigenvalue weighted by Crippen LogP contribution is 2.29. The van der Waals surface area contributed by atoms with Crippen molar-refractivity contribution in [3.63, 3.8) is 0 Å². The Kier molecular flexibility index (Phi) is 4.61. The monoisotopic (exact) mass is 287 g/mol. The van der Waals surface area contributed by atoms with E-state index in [0.29, 0.717) is 18.6 Å². The number of fused-ring (bicyclic) bond motifs is 1. The lowest BCUT2D eigenvalue weighted by Gasteiger charge is -2.25. The Morgan fingerprint density at radius 3 is 2.81 bits per heavy atom. The smallest absolute Gasteiger partial charge is 0.135 e. The SMILES string of the molecule is CC(C)CNCc1c(COC2CCC2)oc2ccccc12. The fourth-order valence-corrected chi connectivity index (χ4v) is 2.68. The molecule has 1 heterocycles. The van der Waals surface area contributed by atoms with E-state index in [1.165, 1.54) is 30.2 Å². The third kappa shape index (κ3) is 3.47. The molecule has 114 valence electrons. The fraction of sp³-hybridized carbons (Fsp3) is 0.556. The highest BCUT2D eigenvalue weighted by molar-refractivity contribution is 5.82. The minimum atomic E-state index is 0.440. The molecule has 3 heteroatoms. The second-order valence-corrected chi connectivity index (χ2v) is 6.39. The van der Waals surface area contributed by atoms with Crippen LogP contribution in [-0.2, 0) is 17.9 Å². The van der Waals surface area contributed by atoms with Crippen molar-refractivity contribution in [1.29, 1.82) is 0 Å². The van der Waals surface area contributed by atoms with Crippen molar-refractivity contribution in [3.05, 3.63) is 35.6 Å². The van der Waals surface area contributed by atoms with E-state index in [9.17, 15) is 0 Å². The maximum Gasteiger partial charge on any atom is 0.135 e. The molecule has 0 bridgehead atoms. The van der Waals surface area contributed by atoms with Gasteiger partial charge in [-0.25, -0.2) is 0 Å². The van der Waals surface area contributed by atoms with Gasteiger partial charge in [-0.2, -0.15) is 0 Å². The summed E-state index contributed by atoms with van der Waals surface area (Å²) in [6, 6.07) is 8.26. The summed E-state index contributed by atoms with van der Waals surface area (Å²) in [5.74, 6) is 1.64. The maximum atomic E-state index is 6.01. The molecule has 1 aromatic heterocycles. The summed E-state index contributed by atoms with van der Waals surface area (Å²) in [6.07, 6.45) is 4.13. The zero-order valence-corrected chi connectivity index (χ0v) is 13.0. The van der Waals surface area contributed by atoms with E-state index in [-0.39, 0.29) is 0 Å². The summed E-state index contributed by atoms with van der Waals surface area (Å²) in [4.78, 5) is 0. The fourth-order valence-electron chi connectivity index (χ4n) is 2.68. The topological polar surface area (TPSA) is 34.4 Å². The van der Waals surface area contributed by atoms with E-state index >= 15 is 0 Å². The third-order valence-corrected chi connectivity index (χ3v) is 4.14. The van der Waals surface area contributed by atoms with Gasteiger partial charge in [-0.3, -0.25) is 0 Å². The van der Waals surface area contributed by atoms with Gasteiger partial charge >= 0.3 is 0 Å². The van der Waals surface area contributed by atoms with Gasteiger partial charge < -0.3 is 14.5 Å². The van der Waals surface area contributed by atoms with E-state index in [1.807, 2.05) is 12.1 Å². The average molecular weight is 287 g/mol. The Morgan fingerprint density at radius 2 is 2.10 bits per heavy atom. The molecule has 0 amide bonds. The van der Waals surface area contributed by atoms with Crippen LogP contribution in [0.5, 0.6) is 0 Å². The molecular formula is C18H25NO2. The third-order valence-electron chi connectivity index (χ3n) is 4.14. The van der Waals surface area contributed by atoms with Crippen LogP contribution in [0.1, 0.15) is 44.4 Å². The highest BCUT2D eigenvalue weighted by atomic mass is 16.5. The summed E-state index contributed by atoms with van der Waals surface area (Å²) in [5.41, 5.74) is 2.22. The van der Waals surface area contributed by atoms with Gasteiger partial charge in [-0.15, -0.1) is 0 Å². The molecule has 1 aromatic carbocycles. The van der Waals surface area contributed by atoms with E-state index in [0.717, 1.165) is 24.4 Å². The van der Waals surface area contributed by atoms with Crippen LogP contribution in [0.25, 0.3) is 11.0 Å². The predicted octanol–water partition coefficient (Wildman–Crippen LogP) is 4.25. The highest BCUT2D eigenvalue weighted by Gasteiger charge is 2.20. The molecule has 1 N–H and O–H groups in total. The zero-order chi connectivity index (χ0) is 14.7. The normalized spacial score (nSPS) is 15.8. The summed E-state index contributed by atoms with van der Waals surface area (Å²) in [7, 11) is 0. The molecule has 0 atom stereocenters. The molecular weight excluding hydrogens is 262 g/mol. The van der Waals surface area contributed by atoms with Crippen molar-refractivity contribution in [2.45, 2.75) is 52.4 Å². The molecule has 0 radical (unpaired) electrons. The van der Waals surface area contributed by atoms with Gasteiger partial charge in [-0.05, 0) is 37.8 Å². The van der Waals surface area contributed by atoms with Crippen LogP contribution in [0.2, 0.25) is 0 Å². The lowest BCUT2D eigenvalue weighted by atomic mass is 9.96. The van der Waals surface area contributed by atoms with Crippen LogP contribution in [0.15, 0.2) is 28.7 Å². The van der Waals surface area contributed by atoms with E-state index in [4.69, 9.17) is 9.15 Å². The minimum Gasteiger partial charge on any atom is -0.458 e. The first-order valence-corrected chi connectivity index (χ1v) is 8.05. The van der Waals surface area contributed by atoms with Crippen molar-refractivity contribution < 1.29 is 9.15 Å². The molecule has 3 nitrogen and oxygen atoms in total. The standard InChI is InChI=1S/C18H25NO2/c1-13(2)10-19-11-16-15-8-3-4-9-17(15)21-18(16)12-20-14-6-5-7-14/h3-4,8-9,13-14,19H,5-7,10-12H2,1-2H3. The molecule has 0 saturated heterocycles. The molecule has 0 spiro atoms. The molecule has 1 aliphatic rings. The average Bonchev–Trinajstić information content (AvgIpc) is 2.75. The van der Waals surface area contributed by atoms with Crippen LogP contribution in [0, 0.1) is 5.92 Å². The first-order valence-electron chi connectivity index (χ1n) is 8.05. The van der Waals surface area contributed by atoms with Crippen LogP contribution in [0.4, 0.5) is 0 Å². The molecule has 2 aromatic rings. The van der Waals surface area contributed by atoms with Gasteiger partial charge in [0.1, 0.15) is 18.0 Å². The number of para-hydroxylation sites is 1. The number of ether oxygens (including phenoxy) is 1. The van der Waals surface area contributed by atoms with Crippen molar-refractivity contribution in [3.8, 4) is 0 Å². The molecule has 1 aliphatic carbocycles. The Hall–Kier alpha value is -1.32. The first-order chi connectivity index (χ1) is 10.2. The molecule has 3 rings (SSSR count). The Bertz CT molecular complexity index is 584. The lowest BCUT2D eigenvalue weighted by Crippen LogP contribution is -2.22. The van der Waals surface area contributed by atoms with Crippen molar-refractivity contribution >= 4 is 11.0 Å². The van der Waals surface area contributed by atoms with Gasteiger partial charge in [0.25, 0.3) is 0 Å². The van der Waals surface area contributed by atoms with Gasteiger partial charge in [0.15, 0.2) is 0 Å². The number of furan rings is 1. The Labute approximate surface area is 126 Å². The number of hydrogen-bond donors (Lipinski definition) is 1. The second-order valence-electron chi connectivity index (χ2n) is 6.39. The van der Waals surface area contributed by atoms with Crippen LogP contribution in [0.3, 0.4) is 0 Å². The number of benzene rings is 1. The molecule has 0 unspecified atom stereocenters. The Balaban J connectivity index is 1.75. The summed E-state index contributed by atoms with van der Waals surface area (Å²) >= 11 is 0. The van der Waals surface area contributed by atoms with Gasteiger partial charge in [-0.1, -0.05) is 32.0 Å². The van der Waals surface area contributed by atoms with Crippen LogP contribution >= 0.6 is 0 Å². The summed E-state index contributed by atoms with van der Waals surface area (Å²) in [5, 5.41) is 4.73. The van der Waals surface area contributed by atoms with Crippen molar-refractivity contribution in [2.24, 2.45) is 5.92 Å². The number of hydrogen-bond acceptors (Lipinski definition) is 3. The second kappa shape index (κ2) is 6.63. The van der Waals surface area contributed by atoms with E-state index in [2.05, 4.69) is 31.3 Å². The number of rotatable bonds is 7. The summed E-state index contributed by atoms with van der Waals surface area (Å²) < 4.78 is 12.0. The maximum absolute atomic E-state index is 6.01. The van der Waals surface area contributed by atoms with Gasteiger partial charge in [0, 0.05) is 17.5 Å². The molecule has 1 fully saturated rings. The summed E-state index contributed by atoms with van der Waals surface area (Å²) in [6.45, 7) is 6.90. The van der Waals surface area contributed by atoms with Gasteiger partial charge in [0.2, 0.25) is 0 Å². The number of nitrogens with one attached hydrogen (secondary N) is 1.